The molecule has 0 fully saturated rings. The number of nitrogens with one attached hydrogen (secondary N) is 1. The van der Waals surface area contributed by atoms with Crippen LogP contribution in [-0.2, 0) is 0 Å². The van der Waals surface area contributed by atoms with Crippen molar-refractivity contribution in [2.75, 3.05) is 13.7 Å². The average Bonchev–Trinajstić information content (AvgIpc) is 1.65. The predicted octanol–water partition coefficient (Wildman–Crippen LogP) is 0.860. The van der Waals surface area contributed by atoms with E-state index in [0.717, 1.165) is 8.58 Å². The molecule has 0 bridgehead atoms. The minimum atomic E-state index is 0.713. The van der Waals surface area contributed by atoms with Crippen LogP contribution in [0.25, 0.3) is 0 Å². The summed E-state index contributed by atoms with van der Waals surface area (Å²) >= 11 is 0. The monoisotopic (exact) mass is 105 g/mol. The normalized spacial score (nSPS) is 16.5. The van der Waals surface area contributed by atoms with Gasteiger partial charge >= 0.3 is 0 Å². The van der Waals surface area contributed by atoms with E-state index >= 15 is 0 Å². The van der Waals surface area contributed by atoms with Crippen molar-refractivity contribution in [3.05, 3.63) is 0 Å². The molecule has 0 aliphatic heterocycles. The second-order valence-corrected chi connectivity index (χ2v) is 2.74. The number of rotatable bonds is 2. The maximum absolute atomic E-state index is 3.13. The molecule has 0 rings (SSSR count). The topological polar surface area (TPSA) is 12.0 Å². The summed E-state index contributed by atoms with van der Waals surface area (Å²) in [5.41, 5.74) is 0. The molecular weight excluding hydrogens is 93.0 g/mol. The molecule has 1 nitrogen and oxygen atoms in total. The van der Waals surface area contributed by atoms with Gasteiger partial charge in [-0.2, -0.15) is 0 Å². The highest BCUT2D eigenvalue weighted by Gasteiger charge is 1.86. The Morgan fingerprint density at radius 2 is 2.17 bits per heavy atom. The molecular formula is C4H12NP. The van der Waals surface area contributed by atoms with E-state index in [0.29, 0.717) is 5.78 Å². The van der Waals surface area contributed by atoms with Gasteiger partial charge in [-0.25, -0.2) is 0 Å². The van der Waals surface area contributed by atoms with Crippen molar-refractivity contribution in [2.24, 2.45) is 0 Å². The van der Waals surface area contributed by atoms with Crippen LogP contribution in [0, 0.1) is 0 Å². The molecule has 0 radical (unpaired) electrons. The summed E-state index contributed by atoms with van der Waals surface area (Å²) in [6, 6.07) is 0. The average molecular weight is 105 g/mol. The summed E-state index contributed by atoms with van der Waals surface area (Å²) in [5, 5.41) is 3.13. The van der Waals surface area contributed by atoms with Crippen LogP contribution in [0.5, 0.6) is 0 Å². The molecule has 0 amide bonds. The molecule has 0 aromatic heterocycles. The third-order valence-electron chi connectivity index (χ3n) is 0.866. The molecule has 2 unspecified atom stereocenters. The van der Waals surface area contributed by atoms with Gasteiger partial charge in [0.2, 0.25) is 0 Å². The molecule has 0 aliphatic rings. The number of hydrogen-bond acceptors (Lipinski definition) is 1. The van der Waals surface area contributed by atoms with Gasteiger partial charge in [-0.3, -0.25) is 0 Å². The van der Waals surface area contributed by atoms with Crippen molar-refractivity contribution in [2.45, 2.75) is 12.7 Å². The fraction of sp³-hybridized carbons (Fsp3) is 1.00. The van der Waals surface area contributed by atoms with E-state index in [2.05, 4.69) is 18.9 Å². The van der Waals surface area contributed by atoms with Gasteiger partial charge in [-0.05, 0) is 20.6 Å². The van der Waals surface area contributed by atoms with Crippen LogP contribution in [-0.4, -0.2) is 19.5 Å². The first kappa shape index (κ1) is 6.39. The van der Waals surface area contributed by atoms with Gasteiger partial charge in [0.15, 0.2) is 0 Å². The van der Waals surface area contributed by atoms with Gasteiger partial charge in [-0.15, -0.1) is 8.58 Å². The van der Waals surface area contributed by atoms with Gasteiger partial charge in [0, 0.05) is 5.78 Å². The van der Waals surface area contributed by atoms with Crippen LogP contribution >= 0.6 is 8.58 Å². The lowest BCUT2D eigenvalue weighted by Gasteiger charge is -2.02. The van der Waals surface area contributed by atoms with Crippen molar-refractivity contribution in [1.29, 1.82) is 0 Å². The molecule has 0 saturated carbocycles. The van der Waals surface area contributed by atoms with E-state index in [4.69, 9.17) is 0 Å². The zero-order valence-corrected chi connectivity index (χ0v) is 5.58. The second kappa shape index (κ2) is 3.58. The smallest absolute Gasteiger partial charge is 0.0206 e. The predicted molar refractivity (Wildman–Crippen MR) is 32.8 cm³/mol. The van der Waals surface area contributed by atoms with Gasteiger partial charge in [0.1, 0.15) is 0 Å². The molecule has 6 heavy (non-hydrogen) atoms. The minimum Gasteiger partial charge on any atom is -0.314 e. The minimum absolute atomic E-state index is 0.713. The molecule has 0 aromatic carbocycles. The Kier molecular flexibility index (Phi) is 3.81. The summed E-state index contributed by atoms with van der Waals surface area (Å²) in [6.07, 6.45) is 0. The Hall–Kier alpha value is 0.390. The van der Waals surface area contributed by atoms with Crippen molar-refractivity contribution in [3.63, 3.8) is 0 Å². The van der Waals surface area contributed by atoms with Crippen LogP contribution < -0.4 is 5.32 Å². The zero-order valence-electron chi connectivity index (χ0n) is 4.58. The van der Waals surface area contributed by atoms with E-state index in [1.165, 1.54) is 0 Å². The molecule has 0 saturated heterocycles. The standard InChI is InChI=1S/C4H12NP/c1-4(5-2)6-3/h4-6H,1-3H3. The zero-order chi connectivity index (χ0) is 4.99. The Morgan fingerprint density at radius 1 is 1.67 bits per heavy atom. The van der Waals surface area contributed by atoms with Crippen LogP contribution in [0.4, 0.5) is 0 Å². The maximum Gasteiger partial charge on any atom is 0.0206 e. The Bertz CT molecular complexity index is 26.7. The van der Waals surface area contributed by atoms with E-state index in [1.54, 1.807) is 0 Å². The highest BCUT2D eigenvalue weighted by Crippen LogP contribution is 2.06. The van der Waals surface area contributed by atoms with Crippen molar-refractivity contribution < 1.29 is 0 Å². The first-order valence-corrected chi connectivity index (χ1v) is 3.73. The Labute approximate surface area is 41.3 Å². The third kappa shape index (κ3) is 2.62. The summed E-state index contributed by atoms with van der Waals surface area (Å²) < 4.78 is 0. The SMILES string of the molecule is CNC(C)PC. The summed E-state index contributed by atoms with van der Waals surface area (Å²) in [4.78, 5) is 0. The molecule has 0 spiro atoms. The molecule has 0 heterocycles. The van der Waals surface area contributed by atoms with Crippen molar-refractivity contribution in [1.82, 2.24) is 5.32 Å². The quantitative estimate of drug-likeness (QED) is 0.513. The fourth-order valence-corrected chi connectivity index (χ4v) is 0.433. The molecule has 0 aliphatic carbocycles. The molecule has 0 aromatic rings. The summed E-state index contributed by atoms with van der Waals surface area (Å²) in [5.74, 6) is 0.713. The van der Waals surface area contributed by atoms with Crippen LogP contribution in [0.1, 0.15) is 6.92 Å². The van der Waals surface area contributed by atoms with Crippen molar-refractivity contribution in [3.8, 4) is 0 Å². The Balaban J connectivity index is 2.75. The van der Waals surface area contributed by atoms with Gasteiger partial charge < -0.3 is 5.32 Å². The van der Waals surface area contributed by atoms with Gasteiger partial charge in [0.05, 0.1) is 0 Å². The molecule has 1 N–H and O–H groups in total. The lowest BCUT2D eigenvalue weighted by atomic mass is 10.8. The van der Waals surface area contributed by atoms with Crippen molar-refractivity contribution >= 4 is 8.58 Å². The highest BCUT2D eigenvalue weighted by atomic mass is 31.1. The number of hydrogen-bond donors (Lipinski definition) is 1. The highest BCUT2D eigenvalue weighted by molar-refractivity contribution is 7.37. The van der Waals surface area contributed by atoms with E-state index < -0.39 is 0 Å². The lowest BCUT2D eigenvalue weighted by molar-refractivity contribution is 0.802. The van der Waals surface area contributed by atoms with Crippen LogP contribution in [0.15, 0.2) is 0 Å². The first-order valence-electron chi connectivity index (χ1n) is 2.15. The maximum atomic E-state index is 3.13. The van der Waals surface area contributed by atoms with E-state index in [1.807, 2.05) is 7.05 Å². The van der Waals surface area contributed by atoms with E-state index in [-0.39, 0.29) is 0 Å². The molecule has 38 valence electrons. The van der Waals surface area contributed by atoms with Crippen LogP contribution in [0.2, 0.25) is 0 Å². The second-order valence-electron chi connectivity index (χ2n) is 1.30. The lowest BCUT2D eigenvalue weighted by Crippen LogP contribution is -2.14. The van der Waals surface area contributed by atoms with Crippen LogP contribution in [0.3, 0.4) is 0 Å². The van der Waals surface area contributed by atoms with Gasteiger partial charge in [-0.1, -0.05) is 0 Å². The van der Waals surface area contributed by atoms with E-state index in [9.17, 15) is 0 Å². The fourth-order valence-electron chi connectivity index (χ4n) is 0.144. The molecule has 2 heteroatoms. The third-order valence-corrected chi connectivity index (χ3v) is 2.02. The van der Waals surface area contributed by atoms with Gasteiger partial charge in [0.25, 0.3) is 0 Å². The Morgan fingerprint density at radius 3 is 2.17 bits per heavy atom. The first-order chi connectivity index (χ1) is 2.81. The summed E-state index contributed by atoms with van der Waals surface area (Å²) in [7, 11) is 3.01. The molecule has 2 atom stereocenters. The summed E-state index contributed by atoms with van der Waals surface area (Å²) in [6.45, 7) is 4.37. The largest absolute Gasteiger partial charge is 0.314 e.